The van der Waals surface area contributed by atoms with Crippen molar-refractivity contribution >= 4 is 51.3 Å². The molecule has 1 aromatic carbocycles. The van der Waals surface area contributed by atoms with Gasteiger partial charge >= 0.3 is 0 Å². The van der Waals surface area contributed by atoms with E-state index in [0.29, 0.717) is 20.6 Å². The second-order valence-electron chi connectivity index (χ2n) is 5.23. The summed E-state index contributed by atoms with van der Waals surface area (Å²) in [6.07, 6.45) is 4.91. The van der Waals surface area contributed by atoms with Crippen LogP contribution in [0.15, 0.2) is 22.7 Å². The Balaban J connectivity index is 2.10. The summed E-state index contributed by atoms with van der Waals surface area (Å²) in [6.45, 7) is 0. The lowest BCUT2D eigenvalue weighted by Gasteiger charge is -2.14. The van der Waals surface area contributed by atoms with Crippen LogP contribution in [0.5, 0.6) is 0 Å². The van der Waals surface area contributed by atoms with Crippen molar-refractivity contribution in [1.29, 1.82) is 0 Å². The normalized spacial score (nSPS) is 15.6. The van der Waals surface area contributed by atoms with E-state index in [-0.39, 0.29) is 0 Å². The van der Waals surface area contributed by atoms with Gasteiger partial charge in [-0.05, 0) is 47.0 Å². The third-order valence-corrected chi connectivity index (χ3v) is 5.95. The zero-order chi connectivity index (χ0) is 15.0. The highest BCUT2D eigenvalue weighted by Gasteiger charge is 2.21. The smallest absolute Gasteiger partial charge is 0.144 e. The van der Waals surface area contributed by atoms with Gasteiger partial charge in [0.15, 0.2) is 0 Å². The van der Waals surface area contributed by atoms with Crippen molar-refractivity contribution in [3.8, 4) is 11.4 Å². The fraction of sp³-hybridized carbons (Fsp3) is 0.333. The second kappa shape index (κ2) is 6.37. The molecule has 1 N–H and O–H groups in total. The summed E-state index contributed by atoms with van der Waals surface area (Å²) in [5.41, 5.74) is 2.04. The first-order valence-corrected chi connectivity index (χ1v) is 8.77. The molecule has 0 radical (unpaired) electrons. The van der Waals surface area contributed by atoms with Crippen molar-refractivity contribution in [1.82, 2.24) is 9.97 Å². The van der Waals surface area contributed by atoms with Crippen LogP contribution in [0.2, 0.25) is 10.0 Å². The number of aromatic nitrogens is 2. The molecule has 1 heterocycles. The van der Waals surface area contributed by atoms with E-state index in [1.807, 2.05) is 12.1 Å². The van der Waals surface area contributed by atoms with Gasteiger partial charge in [-0.25, -0.2) is 4.98 Å². The molecule has 0 atom stereocenters. The highest BCUT2D eigenvalue weighted by atomic mass is 79.9. The Labute approximate surface area is 147 Å². The van der Waals surface area contributed by atoms with Gasteiger partial charge in [0.2, 0.25) is 0 Å². The minimum Gasteiger partial charge on any atom is -0.342 e. The average molecular weight is 404 g/mol. The Kier molecular flexibility index (Phi) is 4.69. The third kappa shape index (κ3) is 3.19. The van der Waals surface area contributed by atoms with Crippen LogP contribution in [-0.2, 0) is 0 Å². The number of nitrogens with zero attached hydrogens (tertiary/aromatic N) is 1. The highest BCUT2D eigenvalue weighted by molar-refractivity contribution is 9.10. The summed E-state index contributed by atoms with van der Waals surface area (Å²) < 4.78 is 1.49. The van der Waals surface area contributed by atoms with Crippen LogP contribution in [0.25, 0.3) is 11.4 Å². The number of nitrogens with one attached hydrogen (secondary N) is 1. The first-order valence-electron chi connectivity index (χ1n) is 6.81. The average Bonchev–Trinajstić information content (AvgIpc) is 2.98. The number of benzene rings is 1. The summed E-state index contributed by atoms with van der Waals surface area (Å²) in [4.78, 5) is 7.89. The number of rotatable bonds is 2. The molecule has 1 aromatic heterocycles. The maximum Gasteiger partial charge on any atom is 0.144 e. The fourth-order valence-electron chi connectivity index (χ4n) is 2.75. The summed E-state index contributed by atoms with van der Waals surface area (Å²) in [7, 11) is 0. The van der Waals surface area contributed by atoms with Gasteiger partial charge in [-0.1, -0.05) is 48.3 Å². The van der Waals surface area contributed by atoms with Crippen molar-refractivity contribution in [2.24, 2.45) is 0 Å². The summed E-state index contributed by atoms with van der Waals surface area (Å²) >= 11 is 21.0. The second-order valence-corrected chi connectivity index (χ2v) is 7.22. The molecular weight excluding hydrogens is 391 g/mol. The maximum absolute atomic E-state index is 6.09. The summed E-state index contributed by atoms with van der Waals surface area (Å²) in [5, 5.41) is 1.05. The lowest BCUT2D eigenvalue weighted by atomic mass is 10.0. The molecule has 2 nitrogen and oxygen atoms in total. The first kappa shape index (κ1) is 15.5. The molecule has 0 aliphatic heterocycles. The van der Waals surface area contributed by atoms with Gasteiger partial charge in [0.05, 0.1) is 14.5 Å². The van der Waals surface area contributed by atoms with E-state index in [1.165, 1.54) is 25.7 Å². The number of H-pyrrole nitrogens is 1. The highest BCUT2D eigenvalue weighted by Crippen LogP contribution is 2.38. The van der Waals surface area contributed by atoms with E-state index in [1.54, 1.807) is 6.07 Å². The number of aromatic amines is 1. The molecule has 6 heteroatoms. The lowest BCUT2D eigenvalue weighted by Crippen LogP contribution is -2.02. The molecule has 1 aliphatic carbocycles. The van der Waals surface area contributed by atoms with Gasteiger partial charge in [-0.2, -0.15) is 0 Å². The summed E-state index contributed by atoms with van der Waals surface area (Å²) in [6, 6.07) is 5.48. The molecule has 21 heavy (non-hydrogen) atoms. The Hall–Kier alpha value is -0.420. The van der Waals surface area contributed by atoms with E-state index in [9.17, 15) is 0 Å². The molecule has 1 fully saturated rings. The Morgan fingerprint density at radius 3 is 2.57 bits per heavy atom. The van der Waals surface area contributed by atoms with Crippen LogP contribution in [0.3, 0.4) is 0 Å². The van der Waals surface area contributed by atoms with Gasteiger partial charge in [-0.3, -0.25) is 0 Å². The van der Waals surface area contributed by atoms with Crippen molar-refractivity contribution in [2.45, 2.75) is 31.6 Å². The van der Waals surface area contributed by atoms with Crippen molar-refractivity contribution < 1.29 is 0 Å². The fourth-order valence-corrected chi connectivity index (χ4v) is 3.76. The molecule has 0 spiro atoms. The van der Waals surface area contributed by atoms with Crippen LogP contribution in [-0.4, -0.2) is 9.97 Å². The largest absolute Gasteiger partial charge is 0.342 e. The molecular formula is C15H13BrCl2N2S. The minimum absolute atomic E-state index is 0.514. The predicted molar refractivity (Wildman–Crippen MR) is 93.8 cm³/mol. The first-order chi connectivity index (χ1) is 10.1. The SMILES string of the molecule is S=c1nc(-c2ccc(Cl)c(Cl)c2)[nH]c(C2CCCC2)c1Br. The zero-order valence-electron chi connectivity index (χ0n) is 11.1. The molecule has 1 saturated carbocycles. The van der Waals surface area contributed by atoms with Crippen LogP contribution in [0.1, 0.15) is 37.3 Å². The quantitative estimate of drug-likeness (QED) is 0.577. The van der Waals surface area contributed by atoms with E-state index in [4.69, 9.17) is 35.4 Å². The van der Waals surface area contributed by atoms with Crippen LogP contribution in [0.4, 0.5) is 0 Å². The van der Waals surface area contributed by atoms with Gasteiger partial charge < -0.3 is 4.98 Å². The number of hydrogen-bond donors (Lipinski definition) is 1. The standard InChI is InChI=1S/C15H13BrCl2N2S/c16-12-13(8-3-1-2-4-8)19-14(20-15(12)21)9-5-6-10(17)11(18)7-9/h5-8H,1-4H2,(H,19,20,21). The van der Waals surface area contributed by atoms with E-state index < -0.39 is 0 Å². The lowest BCUT2D eigenvalue weighted by molar-refractivity contribution is 0.690. The molecule has 0 unspecified atom stereocenters. The molecule has 0 bridgehead atoms. The molecule has 0 saturated heterocycles. The van der Waals surface area contributed by atoms with Gasteiger partial charge in [-0.15, -0.1) is 0 Å². The van der Waals surface area contributed by atoms with Gasteiger partial charge in [0.1, 0.15) is 10.5 Å². The van der Waals surface area contributed by atoms with Gasteiger partial charge in [0, 0.05) is 17.2 Å². The Morgan fingerprint density at radius 1 is 1.19 bits per heavy atom. The van der Waals surface area contributed by atoms with E-state index in [0.717, 1.165) is 21.6 Å². The van der Waals surface area contributed by atoms with Gasteiger partial charge in [0.25, 0.3) is 0 Å². The third-order valence-electron chi connectivity index (χ3n) is 3.85. The Bertz CT molecular complexity index is 739. The van der Waals surface area contributed by atoms with E-state index >= 15 is 0 Å². The van der Waals surface area contributed by atoms with Crippen molar-refractivity contribution in [2.75, 3.05) is 0 Å². The molecule has 2 aromatic rings. The van der Waals surface area contributed by atoms with Crippen molar-refractivity contribution in [3.63, 3.8) is 0 Å². The predicted octanol–water partition coefficient (Wildman–Crippen LogP) is 6.53. The topological polar surface area (TPSA) is 28.7 Å². The van der Waals surface area contributed by atoms with E-state index in [2.05, 4.69) is 25.9 Å². The molecule has 1 aliphatic rings. The molecule has 3 rings (SSSR count). The monoisotopic (exact) mass is 402 g/mol. The molecule has 0 amide bonds. The maximum atomic E-state index is 6.09. The molecule has 110 valence electrons. The van der Waals surface area contributed by atoms with Crippen LogP contribution < -0.4 is 0 Å². The number of hydrogen-bond acceptors (Lipinski definition) is 2. The van der Waals surface area contributed by atoms with Crippen LogP contribution in [0, 0.1) is 4.64 Å². The minimum atomic E-state index is 0.514. The summed E-state index contributed by atoms with van der Waals surface area (Å²) in [5.74, 6) is 1.26. The Morgan fingerprint density at radius 2 is 1.90 bits per heavy atom. The van der Waals surface area contributed by atoms with Crippen LogP contribution >= 0.6 is 51.3 Å². The van der Waals surface area contributed by atoms with Crippen molar-refractivity contribution in [3.05, 3.63) is 43.1 Å². The number of halogens is 3. The zero-order valence-corrected chi connectivity index (χ0v) is 15.0.